The highest BCUT2D eigenvalue weighted by molar-refractivity contribution is 6.26. The Morgan fingerprint density at radius 2 is 1.69 bits per heavy atom. The number of carbonyl (C=O) groups excluding carboxylic acids is 1. The van der Waals surface area contributed by atoms with Crippen LogP contribution in [0.5, 0.6) is 5.75 Å². The van der Waals surface area contributed by atoms with E-state index >= 15 is 0 Å². The van der Waals surface area contributed by atoms with Gasteiger partial charge in [-0.25, -0.2) is 0 Å². The number of methoxy groups -OCH3 is 1. The lowest BCUT2D eigenvalue weighted by atomic mass is 10.0. The molecule has 5 heteroatoms. The van der Waals surface area contributed by atoms with Crippen LogP contribution in [0.1, 0.15) is 56.0 Å². The molecule has 39 heavy (non-hydrogen) atoms. The normalized spacial score (nSPS) is 16.1. The van der Waals surface area contributed by atoms with Gasteiger partial charge in [0, 0.05) is 54.7 Å². The van der Waals surface area contributed by atoms with Crippen LogP contribution in [-0.2, 0) is 6.54 Å². The molecule has 0 bridgehead atoms. The van der Waals surface area contributed by atoms with Crippen molar-refractivity contribution in [2.75, 3.05) is 49.6 Å². The Bertz CT molecular complexity index is 1390. The number of ether oxygens (including phenoxy) is 1. The molecule has 2 heterocycles. The summed E-state index contributed by atoms with van der Waals surface area (Å²) in [5, 5.41) is 2.27. The zero-order valence-electron chi connectivity index (χ0n) is 23.9. The minimum absolute atomic E-state index is 0.0809. The summed E-state index contributed by atoms with van der Waals surface area (Å²) < 4.78 is 5.30. The fraction of sp³-hybridized carbons (Fsp3) is 0.382. The van der Waals surface area contributed by atoms with Crippen molar-refractivity contribution in [2.45, 2.75) is 46.6 Å². The number of allylic oxidation sites excluding steroid dienone is 3. The van der Waals surface area contributed by atoms with Crippen molar-refractivity contribution in [3.05, 3.63) is 89.0 Å². The van der Waals surface area contributed by atoms with Gasteiger partial charge in [-0.2, -0.15) is 0 Å². The smallest absolute Gasteiger partial charge is 0.259 e. The standard InChI is InChI=1S/C34H41N3O2/c1-25(2)8-5-9-26(3)18-21-35-19-7-20-36(23-22-35)31-16-17-32-33-29(31)10-6-11-30(33)34(38)37(32)24-27-12-14-28(39-4)15-13-27/h6,8,10-18H,5,7,9,19-24H2,1-4H3/b26-18+. The molecule has 0 aromatic heterocycles. The number of anilines is 2. The molecule has 1 saturated heterocycles. The maximum atomic E-state index is 13.5. The molecule has 5 rings (SSSR count). The molecule has 204 valence electrons. The summed E-state index contributed by atoms with van der Waals surface area (Å²) in [5.74, 6) is 0.903. The van der Waals surface area contributed by atoms with Gasteiger partial charge >= 0.3 is 0 Å². The van der Waals surface area contributed by atoms with Crippen molar-refractivity contribution in [1.82, 2.24) is 4.90 Å². The van der Waals surface area contributed by atoms with Crippen LogP contribution in [0.2, 0.25) is 0 Å². The van der Waals surface area contributed by atoms with E-state index in [1.165, 1.54) is 22.2 Å². The van der Waals surface area contributed by atoms with Gasteiger partial charge < -0.3 is 14.5 Å². The number of hydrogen-bond donors (Lipinski definition) is 0. The topological polar surface area (TPSA) is 36.0 Å². The molecule has 0 radical (unpaired) electrons. The molecule has 0 spiro atoms. The van der Waals surface area contributed by atoms with Gasteiger partial charge in [-0.15, -0.1) is 0 Å². The van der Waals surface area contributed by atoms with Gasteiger partial charge in [-0.05, 0) is 75.9 Å². The lowest BCUT2D eigenvalue weighted by molar-refractivity contribution is 0.0991. The van der Waals surface area contributed by atoms with Gasteiger partial charge in [0.05, 0.1) is 19.3 Å². The van der Waals surface area contributed by atoms with E-state index in [2.05, 4.69) is 60.9 Å². The predicted molar refractivity (Wildman–Crippen MR) is 163 cm³/mol. The summed E-state index contributed by atoms with van der Waals surface area (Å²) in [5.41, 5.74) is 7.02. The van der Waals surface area contributed by atoms with Crippen LogP contribution in [0, 0.1) is 0 Å². The molecule has 3 aromatic carbocycles. The van der Waals surface area contributed by atoms with Gasteiger partial charge in [0.2, 0.25) is 0 Å². The number of nitrogens with zero attached hydrogens (tertiary/aromatic N) is 3. The lowest BCUT2D eigenvalue weighted by Crippen LogP contribution is -2.31. The maximum Gasteiger partial charge on any atom is 0.259 e. The van der Waals surface area contributed by atoms with Crippen molar-refractivity contribution in [3.63, 3.8) is 0 Å². The van der Waals surface area contributed by atoms with Crippen LogP contribution in [0.3, 0.4) is 0 Å². The van der Waals surface area contributed by atoms with Crippen molar-refractivity contribution in [3.8, 4) is 5.75 Å². The average Bonchev–Trinajstić information content (AvgIpc) is 3.08. The van der Waals surface area contributed by atoms with Crippen LogP contribution >= 0.6 is 0 Å². The molecule has 0 unspecified atom stereocenters. The highest BCUT2D eigenvalue weighted by atomic mass is 16.5. The minimum atomic E-state index is 0.0809. The highest BCUT2D eigenvalue weighted by Gasteiger charge is 2.31. The average molecular weight is 524 g/mol. The Morgan fingerprint density at radius 1 is 0.897 bits per heavy atom. The first-order valence-electron chi connectivity index (χ1n) is 14.2. The third kappa shape index (κ3) is 6.04. The summed E-state index contributed by atoms with van der Waals surface area (Å²) >= 11 is 0. The molecule has 0 aliphatic carbocycles. The fourth-order valence-electron chi connectivity index (χ4n) is 5.75. The Kier molecular flexibility index (Phi) is 8.37. The van der Waals surface area contributed by atoms with E-state index in [0.717, 1.165) is 79.9 Å². The van der Waals surface area contributed by atoms with E-state index in [0.29, 0.717) is 6.54 Å². The zero-order chi connectivity index (χ0) is 27.4. The summed E-state index contributed by atoms with van der Waals surface area (Å²) in [7, 11) is 1.67. The molecule has 2 aliphatic heterocycles. The van der Waals surface area contributed by atoms with Crippen LogP contribution in [0.4, 0.5) is 11.4 Å². The number of hydrogen-bond acceptors (Lipinski definition) is 4. The largest absolute Gasteiger partial charge is 0.497 e. The van der Waals surface area contributed by atoms with Crippen molar-refractivity contribution in [2.24, 2.45) is 0 Å². The minimum Gasteiger partial charge on any atom is -0.497 e. The first-order chi connectivity index (χ1) is 18.9. The molecule has 1 amide bonds. The molecular weight excluding hydrogens is 482 g/mol. The summed E-state index contributed by atoms with van der Waals surface area (Å²) in [4.78, 5) is 20.5. The van der Waals surface area contributed by atoms with E-state index in [4.69, 9.17) is 4.74 Å². The van der Waals surface area contributed by atoms with Gasteiger partial charge in [0.1, 0.15) is 5.75 Å². The van der Waals surface area contributed by atoms with E-state index < -0.39 is 0 Å². The highest BCUT2D eigenvalue weighted by Crippen LogP contribution is 2.42. The predicted octanol–water partition coefficient (Wildman–Crippen LogP) is 7.21. The van der Waals surface area contributed by atoms with Crippen LogP contribution in [0.15, 0.2) is 77.9 Å². The van der Waals surface area contributed by atoms with Gasteiger partial charge in [-0.1, -0.05) is 47.6 Å². The Labute approximate surface area is 233 Å². The summed E-state index contributed by atoms with van der Waals surface area (Å²) in [6, 6.07) is 18.5. The quantitative estimate of drug-likeness (QED) is 0.278. The van der Waals surface area contributed by atoms with Crippen molar-refractivity contribution >= 4 is 28.1 Å². The number of carbonyl (C=O) groups is 1. The van der Waals surface area contributed by atoms with E-state index in [-0.39, 0.29) is 5.91 Å². The Morgan fingerprint density at radius 3 is 2.46 bits per heavy atom. The van der Waals surface area contributed by atoms with Crippen LogP contribution < -0.4 is 14.5 Å². The zero-order valence-corrected chi connectivity index (χ0v) is 23.9. The second-order valence-electron chi connectivity index (χ2n) is 11.1. The first-order valence-corrected chi connectivity index (χ1v) is 14.2. The molecule has 1 fully saturated rings. The van der Waals surface area contributed by atoms with E-state index in [1.807, 2.05) is 41.3 Å². The Hall–Kier alpha value is -3.57. The third-order valence-corrected chi connectivity index (χ3v) is 7.98. The molecule has 0 saturated carbocycles. The van der Waals surface area contributed by atoms with E-state index in [9.17, 15) is 4.79 Å². The number of rotatable bonds is 9. The summed E-state index contributed by atoms with van der Waals surface area (Å²) in [6.45, 7) is 12.3. The van der Waals surface area contributed by atoms with Crippen LogP contribution in [-0.4, -0.2) is 50.6 Å². The van der Waals surface area contributed by atoms with Crippen molar-refractivity contribution < 1.29 is 9.53 Å². The molecule has 3 aromatic rings. The molecule has 2 aliphatic rings. The molecule has 0 atom stereocenters. The Balaban J connectivity index is 1.31. The van der Waals surface area contributed by atoms with Gasteiger partial charge in [-0.3, -0.25) is 9.69 Å². The third-order valence-electron chi connectivity index (χ3n) is 7.98. The van der Waals surface area contributed by atoms with Gasteiger partial charge in [0.25, 0.3) is 5.91 Å². The van der Waals surface area contributed by atoms with Gasteiger partial charge in [0.15, 0.2) is 0 Å². The first kappa shape index (κ1) is 27.0. The number of amides is 1. The molecular formula is C34H41N3O2. The molecule has 5 nitrogen and oxygen atoms in total. The fourth-order valence-corrected chi connectivity index (χ4v) is 5.75. The second kappa shape index (κ2) is 12.1. The summed E-state index contributed by atoms with van der Waals surface area (Å²) in [6.07, 6.45) is 8.14. The van der Waals surface area contributed by atoms with Crippen LogP contribution in [0.25, 0.3) is 10.8 Å². The number of benzene rings is 3. The van der Waals surface area contributed by atoms with Crippen molar-refractivity contribution in [1.29, 1.82) is 0 Å². The van der Waals surface area contributed by atoms with E-state index in [1.54, 1.807) is 7.11 Å². The monoisotopic (exact) mass is 523 g/mol. The second-order valence-corrected chi connectivity index (χ2v) is 11.1. The maximum absolute atomic E-state index is 13.5. The lowest BCUT2D eigenvalue weighted by Gasteiger charge is -2.26. The molecule has 0 N–H and O–H groups in total. The SMILES string of the molecule is COc1ccc(CN2C(=O)c3cccc4c(N5CCCN(C/C=C(\C)CCC=C(C)C)CC5)ccc2c34)cc1.